The predicted molar refractivity (Wildman–Crippen MR) is 81.4 cm³/mol. The highest BCUT2D eigenvalue weighted by molar-refractivity contribution is 9.11. The van der Waals surface area contributed by atoms with E-state index < -0.39 is 10.2 Å². The molecule has 0 bridgehead atoms. The first-order chi connectivity index (χ1) is 8.28. The lowest BCUT2D eigenvalue weighted by atomic mass is 10.4. The molecule has 0 fully saturated rings. The Hall–Kier alpha value is 0.110. The van der Waals surface area contributed by atoms with E-state index in [9.17, 15) is 8.42 Å². The van der Waals surface area contributed by atoms with Crippen molar-refractivity contribution in [2.45, 2.75) is 25.7 Å². The van der Waals surface area contributed by atoms with Crippen LogP contribution in [0.15, 0.2) is 13.8 Å². The van der Waals surface area contributed by atoms with Gasteiger partial charge in [-0.25, -0.2) is 0 Å². The molecule has 8 heteroatoms. The van der Waals surface area contributed by atoms with E-state index in [2.05, 4.69) is 27.0 Å². The quantitative estimate of drug-likeness (QED) is 0.494. The first-order valence-corrected chi connectivity index (χ1v) is 8.34. The molecule has 0 aliphatic heterocycles. The van der Waals surface area contributed by atoms with Gasteiger partial charge in [-0.05, 0) is 18.2 Å². The summed E-state index contributed by atoms with van der Waals surface area (Å²) in [5, 5.41) is 0. The molecule has 0 saturated heterocycles. The minimum atomic E-state index is -3.64. The third-order valence-electron chi connectivity index (χ3n) is 2.23. The Morgan fingerprint density at radius 3 is 2.56 bits per heavy atom. The zero-order valence-electron chi connectivity index (χ0n) is 11.0. The van der Waals surface area contributed by atoms with E-state index in [1.807, 2.05) is 13.8 Å². The van der Waals surface area contributed by atoms with E-state index >= 15 is 0 Å². The Morgan fingerprint density at radius 2 is 2.17 bits per heavy atom. The lowest BCUT2D eigenvalue weighted by molar-refractivity contribution is 0.157. The van der Waals surface area contributed by atoms with Crippen LogP contribution in [0.5, 0.6) is 0 Å². The molecule has 1 unspecified atom stereocenters. The van der Waals surface area contributed by atoms with Gasteiger partial charge < -0.3 is 4.74 Å². The molecule has 0 aliphatic carbocycles. The van der Waals surface area contributed by atoms with E-state index in [-0.39, 0.29) is 12.0 Å². The van der Waals surface area contributed by atoms with Crippen molar-refractivity contribution in [1.29, 1.82) is 0 Å². The van der Waals surface area contributed by atoms with Crippen LogP contribution in [-0.4, -0.2) is 45.6 Å². The Kier molecular flexibility index (Phi) is 8.37. The maximum Gasteiger partial charge on any atom is 0.321 e. The highest BCUT2D eigenvalue weighted by Gasteiger charge is 2.21. The number of likely N-dealkylation sites (N-methyl/N-ethyl adjacent to an activating group) is 1. The van der Waals surface area contributed by atoms with E-state index in [0.717, 1.165) is 20.1 Å². The molecule has 18 heavy (non-hydrogen) atoms. The number of nitrogens with zero attached hydrogens (tertiary/aromatic N) is 2. The van der Waals surface area contributed by atoms with E-state index in [0.29, 0.717) is 0 Å². The normalized spacial score (nSPS) is 15.4. The Bertz CT molecular complexity index is 409. The zero-order chi connectivity index (χ0) is 14.3. The van der Waals surface area contributed by atoms with Crippen LogP contribution in [0.3, 0.4) is 0 Å². The van der Waals surface area contributed by atoms with Crippen LogP contribution in [0, 0.1) is 0 Å². The fourth-order valence-corrected chi connectivity index (χ4v) is 3.03. The molecule has 0 spiro atoms. The smallest absolute Gasteiger partial charge is 0.321 e. The number of allylic oxidation sites excluding steroid dienone is 2. The molecule has 0 aromatic rings. The molecular weight excluding hydrogens is 340 g/mol. The minimum absolute atomic E-state index is 0.212. The molecule has 0 radical (unpaired) electrons. The summed E-state index contributed by atoms with van der Waals surface area (Å²) < 4.78 is 33.4. The van der Waals surface area contributed by atoms with Gasteiger partial charge in [0.15, 0.2) is 0 Å². The molecule has 0 aromatic carbocycles. The fraction of sp³-hybridized carbons (Fsp3) is 0.700. The van der Waals surface area contributed by atoms with Crippen molar-refractivity contribution in [2.75, 3.05) is 20.7 Å². The second kappa shape index (κ2) is 8.31. The van der Waals surface area contributed by atoms with Crippen molar-refractivity contribution in [2.24, 2.45) is 4.40 Å². The molecule has 0 aromatic heterocycles. The molecule has 0 saturated carbocycles. The molecule has 0 amide bonds. The van der Waals surface area contributed by atoms with Crippen molar-refractivity contribution in [3.05, 3.63) is 9.39 Å². The number of hydrogen-bond donors (Lipinski definition) is 0. The van der Waals surface area contributed by atoms with Gasteiger partial charge in [-0.1, -0.05) is 34.6 Å². The standard InChI is InChI=1S/C10H19BrN2O3S2/c1-6-9(11)8(2)17-10(16-5)7-13(4)18(14,15)12-3/h10H,3,6-7H2,1-2,4-5H3/b9-8+. The van der Waals surface area contributed by atoms with Crippen molar-refractivity contribution in [1.82, 2.24) is 4.31 Å². The fourth-order valence-electron chi connectivity index (χ4n) is 1.07. The van der Waals surface area contributed by atoms with E-state index in [1.165, 1.54) is 18.8 Å². The molecule has 0 rings (SSSR count). The molecule has 106 valence electrons. The summed E-state index contributed by atoms with van der Waals surface area (Å²) in [7, 11) is -0.642. The number of ether oxygens (including phenoxy) is 1. The summed E-state index contributed by atoms with van der Waals surface area (Å²) in [4.78, 5) is 1.07. The van der Waals surface area contributed by atoms with Gasteiger partial charge in [-0.2, -0.15) is 17.1 Å². The number of rotatable bonds is 8. The third kappa shape index (κ3) is 5.83. The van der Waals surface area contributed by atoms with Crippen LogP contribution >= 0.6 is 27.7 Å². The maximum absolute atomic E-state index is 11.4. The second-order valence-corrected chi connectivity index (χ2v) is 7.59. The Balaban J connectivity index is 4.69. The zero-order valence-corrected chi connectivity index (χ0v) is 14.2. The van der Waals surface area contributed by atoms with Gasteiger partial charge in [0.1, 0.15) is 5.44 Å². The number of hydrogen-bond acceptors (Lipinski definition) is 4. The van der Waals surface area contributed by atoms with Crippen LogP contribution in [0.2, 0.25) is 0 Å². The highest BCUT2D eigenvalue weighted by atomic mass is 79.9. The van der Waals surface area contributed by atoms with Crippen LogP contribution in [0.1, 0.15) is 20.3 Å². The Morgan fingerprint density at radius 1 is 1.61 bits per heavy atom. The summed E-state index contributed by atoms with van der Waals surface area (Å²) in [5.41, 5.74) is -0.286. The molecule has 5 nitrogen and oxygen atoms in total. The lowest BCUT2D eigenvalue weighted by Gasteiger charge is -2.21. The van der Waals surface area contributed by atoms with Crippen LogP contribution in [0.25, 0.3) is 0 Å². The minimum Gasteiger partial charge on any atom is -0.369 e. The van der Waals surface area contributed by atoms with Gasteiger partial charge in [0.05, 0.1) is 6.54 Å². The average Bonchev–Trinajstić information content (AvgIpc) is 2.36. The molecule has 0 aliphatic rings. The van der Waals surface area contributed by atoms with Gasteiger partial charge in [0.2, 0.25) is 0 Å². The van der Waals surface area contributed by atoms with Gasteiger partial charge in [0.25, 0.3) is 0 Å². The summed E-state index contributed by atoms with van der Waals surface area (Å²) >= 11 is 4.94. The van der Waals surface area contributed by atoms with Crippen LogP contribution < -0.4 is 0 Å². The lowest BCUT2D eigenvalue weighted by Crippen LogP contribution is -2.32. The van der Waals surface area contributed by atoms with E-state index in [4.69, 9.17) is 4.74 Å². The van der Waals surface area contributed by atoms with Crippen molar-refractivity contribution in [3.63, 3.8) is 0 Å². The van der Waals surface area contributed by atoms with Gasteiger partial charge in [-0.15, -0.1) is 0 Å². The molecular formula is C10H19BrN2O3S2. The van der Waals surface area contributed by atoms with Crippen LogP contribution in [0.4, 0.5) is 0 Å². The van der Waals surface area contributed by atoms with E-state index in [1.54, 1.807) is 7.11 Å². The van der Waals surface area contributed by atoms with Gasteiger partial charge >= 0.3 is 10.2 Å². The molecule has 0 N–H and O–H groups in total. The molecule has 1 atom stereocenters. The SMILES string of the molecule is C=NS(=O)(=O)N(C)CC(OC)S/C(C)=C(/Br)CC. The van der Waals surface area contributed by atoms with Crippen molar-refractivity contribution < 1.29 is 13.2 Å². The Labute approximate surface area is 122 Å². The summed E-state index contributed by atoms with van der Waals surface area (Å²) in [5.74, 6) is 0. The topological polar surface area (TPSA) is 59.0 Å². The van der Waals surface area contributed by atoms with Gasteiger partial charge in [0, 0.05) is 25.4 Å². The van der Waals surface area contributed by atoms with Crippen molar-refractivity contribution >= 4 is 44.6 Å². The number of halogens is 1. The summed E-state index contributed by atoms with van der Waals surface area (Å²) in [6.07, 6.45) is 0.887. The van der Waals surface area contributed by atoms with Crippen LogP contribution in [-0.2, 0) is 14.9 Å². The monoisotopic (exact) mass is 358 g/mol. The maximum atomic E-state index is 11.4. The van der Waals surface area contributed by atoms with Crippen molar-refractivity contribution in [3.8, 4) is 0 Å². The largest absolute Gasteiger partial charge is 0.369 e. The summed E-state index contributed by atoms with van der Waals surface area (Å²) in [6, 6.07) is 0. The summed E-state index contributed by atoms with van der Waals surface area (Å²) in [6.45, 7) is 7.26. The third-order valence-corrected chi connectivity index (χ3v) is 6.11. The number of methoxy groups -OCH3 is 1. The first kappa shape index (κ1) is 18.1. The van der Waals surface area contributed by atoms with Gasteiger partial charge in [-0.3, -0.25) is 0 Å². The highest BCUT2D eigenvalue weighted by Crippen LogP contribution is 2.29. The molecule has 0 heterocycles. The predicted octanol–water partition coefficient (Wildman–Crippen LogP) is 2.61. The average molecular weight is 359 g/mol. The number of thioether (sulfide) groups is 1. The second-order valence-electron chi connectivity index (χ2n) is 3.49. The first-order valence-electron chi connectivity index (χ1n) is 5.27.